The lowest BCUT2D eigenvalue weighted by atomic mass is 10.3. The standard InChI is InChI=1S/C17H17F2N3O2/c1-2-22(17(24)20-12-7-4-3-5-8-12)11-15(23)21-16-13(18)9-6-10-14(16)19/h3-10H,2,11H2,1H3,(H,20,24)(H,21,23). The number of rotatable bonds is 5. The number of hydrogen-bond donors (Lipinski definition) is 2. The van der Waals surface area contributed by atoms with Gasteiger partial charge in [0.1, 0.15) is 23.9 Å². The second kappa shape index (κ2) is 8.05. The Labute approximate surface area is 138 Å². The van der Waals surface area contributed by atoms with Crippen molar-refractivity contribution in [2.75, 3.05) is 23.7 Å². The quantitative estimate of drug-likeness (QED) is 0.880. The highest BCUT2D eigenvalue weighted by Gasteiger charge is 2.18. The highest BCUT2D eigenvalue weighted by atomic mass is 19.1. The van der Waals surface area contributed by atoms with Crippen LogP contribution in [-0.4, -0.2) is 29.9 Å². The first-order chi connectivity index (χ1) is 11.5. The predicted octanol–water partition coefficient (Wildman–Crippen LogP) is 3.46. The molecular formula is C17H17F2N3O2. The average molecular weight is 333 g/mol. The molecule has 0 aliphatic heterocycles. The fourth-order valence-electron chi connectivity index (χ4n) is 2.02. The third-order valence-corrected chi connectivity index (χ3v) is 3.26. The van der Waals surface area contributed by atoms with Gasteiger partial charge in [-0.05, 0) is 31.2 Å². The third-order valence-electron chi connectivity index (χ3n) is 3.26. The molecule has 126 valence electrons. The lowest BCUT2D eigenvalue weighted by Crippen LogP contribution is -2.40. The second-order valence-electron chi connectivity index (χ2n) is 4.96. The molecule has 2 rings (SSSR count). The number of hydrogen-bond acceptors (Lipinski definition) is 2. The first-order valence-electron chi connectivity index (χ1n) is 7.36. The van der Waals surface area contributed by atoms with Crippen LogP contribution in [0, 0.1) is 11.6 Å². The van der Waals surface area contributed by atoms with Crippen molar-refractivity contribution < 1.29 is 18.4 Å². The van der Waals surface area contributed by atoms with Crippen molar-refractivity contribution in [2.24, 2.45) is 0 Å². The molecular weight excluding hydrogens is 316 g/mol. The zero-order valence-electron chi connectivity index (χ0n) is 13.1. The van der Waals surface area contributed by atoms with E-state index in [4.69, 9.17) is 0 Å². The highest BCUT2D eigenvalue weighted by Crippen LogP contribution is 2.17. The van der Waals surface area contributed by atoms with Gasteiger partial charge in [0.05, 0.1) is 0 Å². The monoisotopic (exact) mass is 333 g/mol. The van der Waals surface area contributed by atoms with Crippen LogP contribution in [0.4, 0.5) is 25.0 Å². The summed E-state index contributed by atoms with van der Waals surface area (Å²) in [5.74, 6) is -2.44. The molecule has 0 saturated carbocycles. The zero-order chi connectivity index (χ0) is 17.5. The third kappa shape index (κ3) is 4.52. The number of halogens is 2. The van der Waals surface area contributed by atoms with Crippen LogP contribution in [0.5, 0.6) is 0 Å². The molecule has 0 heterocycles. The van der Waals surface area contributed by atoms with Crippen LogP contribution in [0.15, 0.2) is 48.5 Å². The largest absolute Gasteiger partial charge is 0.322 e. The summed E-state index contributed by atoms with van der Waals surface area (Å²) in [6, 6.07) is 11.6. The lowest BCUT2D eigenvalue weighted by molar-refractivity contribution is -0.116. The molecule has 2 N–H and O–H groups in total. The molecule has 0 aromatic heterocycles. The minimum Gasteiger partial charge on any atom is -0.320 e. The fraction of sp³-hybridized carbons (Fsp3) is 0.176. The number of para-hydroxylation sites is 2. The van der Waals surface area contributed by atoms with Crippen molar-refractivity contribution in [2.45, 2.75) is 6.92 Å². The number of likely N-dealkylation sites (N-methyl/N-ethyl adjacent to an activating group) is 1. The van der Waals surface area contributed by atoms with Gasteiger partial charge < -0.3 is 15.5 Å². The molecule has 2 aromatic rings. The molecule has 0 fully saturated rings. The molecule has 0 unspecified atom stereocenters. The number of anilines is 2. The summed E-state index contributed by atoms with van der Waals surface area (Å²) in [5, 5.41) is 4.80. The van der Waals surface area contributed by atoms with Crippen molar-refractivity contribution in [3.05, 3.63) is 60.2 Å². The van der Waals surface area contributed by atoms with Crippen LogP contribution in [0.25, 0.3) is 0 Å². The van der Waals surface area contributed by atoms with E-state index < -0.39 is 29.3 Å². The zero-order valence-corrected chi connectivity index (χ0v) is 13.1. The van der Waals surface area contributed by atoms with Gasteiger partial charge in [-0.1, -0.05) is 24.3 Å². The van der Waals surface area contributed by atoms with E-state index in [0.717, 1.165) is 12.1 Å². The number of nitrogens with one attached hydrogen (secondary N) is 2. The summed E-state index contributed by atoms with van der Waals surface area (Å²) < 4.78 is 27.1. The van der Waals surface area contributed by atoms with Crippen LogP contribution in [0.2, 0.25) is 0 Å². The Morgan fingerprint density at radius 2 is 1.58 bits per heavy atom. The van der Waals surface area contributed by atoms with Crippen LogP contribution >= 0.6 is 0 Å². The van der Waals surface area contributed by atoms with E-state index in [1.54, 1.807) is 31.2 Å². The van der Waals surface area contributed by atoms with E-state index in [2.05, 4.69) is 10.6 Å². The predicted molar refractivity (Wildman–Crippen MR) is 87.7 cm³/mol. The summed E-state index contributed by atoms with van der Waals surface area (Å²) in [6.07, 6.45) is 0. The van der Waals surface area contributed by atoms with Gasteiger partial charge in [0, 0.05) is 12.2 Å². The number of carbonyl (C=O) groups excluding carboxylic acids is 2. The Morgan fingerprint density at radius 3 is 2.17 bits per heavy atom. The molecule has 3 amide bonds. The molecule has 0 atom stereocenters. The molecule has 5 nitrogen and oxygen atoms in total. The van der Waals surface area contributed by atoms with E-state index in [0.29, 0.717) is 5.69 Å². The first kappa shape index (κ1) is 17.4. The van der Waals surface area contributed by atoms with Crippen LogP contribution < -0.4 is 10.6 Å². The molecule has 24 heavy (non-hydrogen) atoms. The molecule has 0 aliphatic rings. The van der Waals surface area contributed by atoms with Gasteiger partial charge in [-0.2, -0.15) is 0 Å². The van der Waals surface area contributed by atoms with Gasteiger partial charge in [-0.15, -0.1) is 0 Å². The van der Waals surface area contributed by atoms with E-state index in [-0.39, 0.29) is 13.1 Å². The summed E-state index contributed by atoms with van der Waals surface area (Å²) >= 11 is 0. The minimum atomic E-state index is -0.875. The van der Waals surface area contributed by atoms with Gasteiger partial charge in [0.25, 0.3) is 0 Å². The number of amides is 3. The van der Waals surface area contributed by atoms with Crippen LogP contribution in [0.3, 0.4) is 0 Å². The topological polar surface area (TPSA) is 61.4 Å². The SMILES string of the molecule is CCN(CC(=O)Nc1c(F)cccc1F)C(=O)Nc1ccccc1. The van der Waals surface area contributed by atoms with Crippen molar-refractivity contribution in [1.29, 1.82) is 0 Å². The molecule has 2 aromatic carbocycles. The van der Waals surface area contributed by atoms with Gasteiger partial charge in [-0.25, -0.2) is 13.6 Å². The van der Waals surface area contributed by atoms with Crippen molar-refractivity contribution in [3.63, 3.8) is 0 Å². The number of benzene rings is 2. The summed E-state index contributed by atoms with van der Waals surface area (Å²) in [5.41, 5.74) is 0.0588. The maximum absolute atomic E-state index is 13.5. The maximum atomic E-state index is 13.5. The Balaban J connectivity index is 1.99. The normalized spacial score (nSPS) is 10.1. The number of urea groups is 1. The minimum absolute atomic E-state index is 0.256. The van der Waals surface area contributed by atoms with Crippen molar-refractivity contribution in [3.8, 4) is 0 Å². The van der Waals surface area contributed by atoms with Crippen LogP contribution in [-0.2, 0) is 4.79 Å². The number of nitrogens with zero attached hydrogens (tertiary/aromatic N) is 1. The summed E-state index contributed by atoms with van der Waals surface area (Å²) in [6.45, 7) is 1.62. The van der Waals surface area contributed by atoms with Crippen molar-refractivity contribution >= 4 is 23.3 Å². The Morgan fingerprint density at radius 1 is 0.958 bits per heavy atom. The molecule has 7 heteroatoms. The molecule has 0 radical (unpaired) electrons. The average Bonchev–Trinajstić information content (AvgIpc) is 2.57. The van der Waals surface area contributed by atoms with Gasteiger partial charge in [0.15, 0.2) is 0 Å². The molecule has 0 aliphatic carbocycles. The van der Waals surface area contributed by atoms with Gasteiger partial charge in [-0.3, -0.25) is 4.79 Å². The smallest absolute Gasteiger partial charge is 0.320 e. The van der Waals surface area contributed by atoms with E-state index in [9.17, 15) is 18.4 Å². The molecule has 0 spiro atoms. The Hall–Kier alpha value is -2.96. The number of carbonyl (C=O) groups is 2. The van der Waals surface area contributed by atoms with Crippen molar-refractivity contribution in [1.82, 2.24) is 4.90 Å². The van der Waals surface area contributed by atoms with E-state index in [1.165, 1.54) is 11.0 Å². The molecule has 0 saturated heterocycles. The van der Waals surface area contributed by atoms with E-state index >= 15 is 0 Å². The Bertz CT molecular complexity index is 703. The maximum Gasteiger partial charge on any atom is 0.322 e. The van der Waals surface area contributed by atoms with Gasteiger partial charge >= 0.3 is 6.03 Å². The van der Waals surface area contributed by atoms with E-state index in [1.807, 2.05) is 6.07 Å². The Kier molecular flexibility index (Phi) is 5.83. The first-order valence-corrected chi connectivity index (χ1v) is 7.36. The lowest BCUT2D eigenvalue weighted by Gasteiger charge is -2.21. The second-order valence-corrected chi connectivity index (χ2v) is 4.96. The van der Waals surface area contributed by atoms with Gasteiger partial charge in [0.2, 0.25) is 5.91 Å². The summed E-state index contributed by atoms with van der Waals surface area (Å²) in [4.78, 5) is 25.4. The fourth-order valence-corrected chi connectivity index (χ4v) is 2.02. The summed E-state index contributed by atoms with van der Waals surface area (Å²) in [7, 11) is 0. The van der Waals surface area contributed by atoms with Crippen LogP contribution in [0.1, 0.15) is 6.92 Å². The highest BCUT2D eigenvalue weighted by molar-refractivity contribution is 5.97. The molecule has 0 bridgehead atoms.